The lowest BCUT2D eigenvalue weighted by atomic mass is 10.1. The Kier molecular flexibility index (Phi) is 7.22. The molecule has 3 aromatic carbocycles. The van der Waals surface area contributed by atoms with Gasteiger partial charge in [0, 0.05) is 23.3 Å². The van der Waals surface area contributed by atoms with Crippen molar-refractivity contribution in [2.75, 3.05) is 33.8 Å². The summed E-state index contributed by atoms with van der Waals surface area (Å²) in [5.74, 6) is 2.82. The fraction of sp³-hybridized carbons (Fsp3) is 0.208. The maximum absolute atomic E-state index is 12.9. The van der Waals surface area contributed by atoms with E-state index in [1.807, 2.05) is 18.2 Å². The first-order chi connectivity index (χ1) is 15.1. The van der Waals surface area contributed by atoms with Gasteiger partial charge in [-0.3, -0.25) is 4.79 Å². The van der Waals surface area contributed by atoms with Crippen LogP contribution in [0.25, 0.3) is 0 Å². The summed E-state index contributed by atoms with van der Waals surface area (Å²) in [6, 6.07) is 17.7. The Hall–Kier alpha value is -3.87. The molecule has 0 aromatic heterocycles. The highest BCUT2D eigenvalue weighted by Crippen LogP contribution is 2.30. The van der Waals surface area contributed by atoms with Crippen molar-refractivity contribution in [1.29, 1.82) is 0 Å². The second kappa shape index (κ2) is 10.2. The van der Waals surface area contributed by atoms with E-state index in [0.29, 0.717) is 40.0 Å². The summed E-state index contributed by atoms with van der Waals surface area (Å²) >= 11 is 0. The molecule has 0 radical (unpaired) electrons. The van der Waals surface area contributed by atoms with Gasteiger partial charge in [-0.2, -0.15) is 0 Å². The average Bonchev–Trinajstić information content (AvgIpc) is 2.82. The van der Waals surface area contributed by atoms with E-state index in [4.69, 9.17) is 23.7 Å². The lowest BCUT2D eigenvalue weighted by Crippen LogP contribution is -2.13. The molecule has 0 fully saturated rings. The maximum Gasteiger partial charge on any atom is 0.255 e. The Morgan fingerprint density at radius 3 is 2.13 bits per heavy atom. The van der Waals surface area contributed by atoms with E-state index in [1.54, 1.807) is 70.9 Å². The van der Waals surface area contributed by atoms with Crippen LogP contribution in [0.3, 0.4) is 0 Å². The van der Waals surface area contributed by atoms with Crippen molar-refractivity contribution >= 4 is 11.6 Å². The van der Waals surface area contributed by atoms with E-state index in [0.717, 1.165) is 5.56 Å². The Bertz CT molecular complexity index is 1050. The molecule has 162 valence electrons. The molecular formula is C24H25NO6. The van der Waals surface area contributed by atoms with Crippen molar-refractivity contribution in [2.24, 2.45) is 0 Å². The van der Waals surface area contributed by atoms with Crippen molar-refractivity contribution in [1.82, 2.24) is 0 Å². The summed E-state index contributed by atoms with van der Waals surface area (Å²) in [5.41, 5.74) is 1.70. The Balaban J connectivity index is 1.80. The number of benzene rings is 3. The Labute approximate surface area is 181 Å². The molecule has 0 saturated carbocycles. The van der Waals surface area contributed by atoms with Gasteiger partial charge >= 0.3 is 0 Å². The maximum atomic E-state index is 12.9. The van der Waals surface area contributed by atoms with Crippen LogP contribution in [-0.4, -0.2) is 34.3 Å². The first-order valence-corrected chi connectivity index (χ1v) is 9.55. The van der Waals surface area contributed by atoms with Gasteiger partial charge in [-0.05, 0) is 42.5 Å². The third kappa shape index (κ3) is 5.39. The van der Waals surface area contributed by atoms with E-state index >= 15 is 0 Å². The van der Waals surface area contributed by atoms with E-state index in [2.05, 4.69) is 5.32 Å². The number of carbonyl (C=O) groups excluding carboxylic acids is 1. The first kappa shape index (κ1) is 21.8. The largest absolute Gasteiger partial charge is 0.497 e. The van der Waals surface area contributed by atoms with Crippen LogP contribution in [0.15, 0.2) is 60.7 Å². The summed E-state index contributed by atoms with van der Waals surface area (Å²) in [5, 5.41) is 2.86. The van der Waals surface area contributed by atoms with Crippen molar-refractivity contribution in [2.45, 2.75) is 6.61 Å². The zero-order valence-electron chi connectivity index (χ0n) is 17.9. The van der Waals surface area contributed by atoms with Gasteiger partial charge in [0.25, 0.3) is 5.91 Å². The topological polar surface area (TPSA) is 75.3 Å². The molecule has 1 N–H and O–H groups in total. The lowest BCUT2D eigenvalue weighted by molar-refractivity contribution is 0.102. The van der Waals surface area contributed by atoms with E-state index in [9.17, 15) is 4.79 Å². The quantitative estimate of drug-likeness (QED) is 0.544. The SMILES string of the molecule is COc1cccc(OCc2cc(C(=O)Nc3cc(OC)ccc3OC)ccc2OC)c1. The molecule has 3 rings (SSSR count). The van der Waals surface area contributed by atoms with Crippen LogP contribution < -0.4 is 29.0 Å². The molecule has 31 heavy (non-hydrogen) atoms. The number of hydrogen-bond donors (Lipinski definition) is 1. The van der Waals surface area contributed by atoms with Crippen molar-refractivity contribution in [3.05, 3.63) is 71.8 Å². The van der Waals surface area contributed by atoms with Gasteiger partial charge in [-0.25, -0.2) is 0 Å². The molecule has 7 nitrogen and oxygen atoms in total. The molecule has 0 bridgehead atoms. The highest BCUT2D eigenvalue weighted by atomic mass is 16.5. The minimum atomic E-state index is -0.295. The average molecular weight is 423 g/mol. The number of anilines is 1. The number of methoxy groups -OCH3 is 4. The molecule has 0 aliphatic carbocycles. The van der Waals surface area contributed by atoms with Crippen LogP contribution in [-0.2, 0) is 6.61 Å². The third-order valence-electron chi connectivity index (χ3n) is 4.63. The molecule has 1 amide bonds. The minimum absolute atomic E-state index is 0.222. The highest BCUT2D eigenvalue weighted by molar-refractivity contribution is 6.05. The van der Waals surface area contributed by atoms with Gasteiger partial charge in [-0.15, -0.1) is 0 Å². The Morgan fingerprint density at radius 2 is 1.42 bits per heavy atom. The molecule has 0 unspecified atom stereocenters. The molecule has 0 saturated heterocycles. The van der Waals surface area contributed by atoms with Gasteiger partial charge in [0.15, 0.2) is 0 Å². The normalized spacial score (nSPS) is 10.2. The van der Waals surface area contributed by atoms with E-state index in [1.165, 1.54) is 0 Å². The summed E-state index contributed by atoms with van der Waals surface area (Å²) in [4.78, 5) is 12.9. The fourth-order valence-corrected chi connectivity index (χ4v) is 2.99. The summed E-state index contributed by atoms with van der Waals surface area (Å²) in [6.07, 6.45) is 0. The van der Waals surface area contributed by atoms with Crippen LogP contribution in [0, 0.1) is 0 Å². The van der Waals surface area contributed by atoms with Gasteiger partial charge in [0.1, 0.15) is 35.4 Å². The van der Waals surface area contributed by atoms with Crippen LogP contribution in [0.5, 0.6) is 28.7 Å². The highest BCUT2D eigenvalue weighted by Gasteiger charge is 2.14. The van der Waals surface area contributed by atoms with Crippen molar-refractivity contribution < 1.29 is 28.5 Å². The molecule has 7 heteroatoms. The summed E-state index contributed by atoms with van der Waals surface area (Å²) in [6.45, 7) is 0.222. The first-order valence-electron chi connectivity index (χ1n) is 9.55. The van der Waals surface area contributed by atoms with Crippen LogP contribution in [0.1, 0.15) is 15.9 Å². The summed E-state index contributed by atoms with van der Waals surface area (Å²) in [7, 11) is 6.27. The predicted octanol–water partition coefficient (Wildman–Crippen LogP) is 4.55. The number of ether oxygens (including phenoxy) is 5. The monoisotopic (exact) mass is 423 g/mol. The third-order valence-corrected chi connectivity index (χ3v) is 4.63. The molecule has 0 atom stereocenters. The summed E-state index contributed by atoms with van der Waals surface area (Å²) < 4.78 is 27.1. The predicted molar refractivity (Wildman–Crippen MR) is 118 cm³/mol. The molecule has 0 aliphatic heterocycles. The lowest BCUT2D eigenvalue weighted by Gasteiger charge is -2.14. The zero-order chi connectivity index (χ0) is 22.2. The standard InChI is InChI=1S/C24H25NO6/c1-27-18-6-5-7-20(13-18)31-15-17-12-16(8-10-22(17)29-3)24(26)25-21-14-19(28-2)9-11-23(21)30-4/h5-14H,15H2,1-4H3,(H,25,26). The van der Waals surface area contributed by atoms with Gasteiger partial charge < -0.3 is 29.0 Å². The molecule has 0 spiro atoms. The number of rotatable bonds is 9. The fourth-order valence-electron chi connectivity index (χ4n) is 2.99. The van der Waals surface area contributed by atoms with Crippen molar-refractivity contribution in [3.8, 4) is 28.7 Å². The smallest absolute Gasteiger partial charge is 0.255 e. The van der Waals surface area contributed by atoms with E-state index in [-0.39, 0.29) is 12.5 Å². The van der Waals surface area contributed by atoms with Crippen LogP contribution in [0.4, 0.5) is 5.69 Å². The molecule has 3 aromatic rings. The zero-order valence-corrected chi connectivity index (χ0v) is 17.9. The number of amides is 1. The Morgan fingerprint density at radius 1 is 0.742 bits per heavy atom. The number of carbonyl (C=O) groups is 1. The number of nitrogens with one attached hydrogen (secondary N) is 1. The molecule has 0 heterocycles. The van der Waals surface area contributed by atoms with Gasteiger partial charge in [0.2, 0.25) is 0 Å². The molecule has 0 aliphatic rings. The van der Waals surface area contributed by atoms with E-state index < -0.39 is 0 Å². The van der Waals surface area contributed by atoms with Crippen molar-refractivity contribution in [3.63, 3.8) is 0 Å². The second-order valence-corrected chi connectivity index (χ2v) is 6.51. The van der Waals surface area contributed by atoms with Crippen LogP contribution in [0.2, 0.25) is 0 Å². The number of hydrogen-bond acceptors (Lipinski definition) is 6. The molecular weight excluding hydrogens is 398 g/mol. The minimum Gasteiger partial charge on any atom is -0.497 e. The van der Waals surface area contributed by atoms with Crippen LogP contribution >= 0.6 is 0 Å². The second-order valence-electron chi connectivity index (χ2n) is 6.51. The van der Waals surface area contributed by atoms with Gasteiger partial charge in [0.05, 0.1) is 34.1 Å². The van der Waals surface area contributed by atoms with Gasteiger partial charge in [-0.1, -0.05) is 6.07 Å².